The van der Waals surface area contributed by atoms with E-state index in [0.29, 0.717) is 16.8 Å². The number of aromatic carboxylic acids is 1. The normalized spacial score (nSPS) is 11.7. The number of amides is 3. The van der Waals surface area contributed by atoms with Crippen molar-refractivity contribution in [1.82, 2.24) is 5.32 Å². The summed E-state index contributed by atoms with van der Waals surface area (Å²) in [5, 5.41) is 26.4. The van der Waals surface area contributed by atoms with Crippen molar-refractivity contribution in [3.63, 3.8) is 0 Å². The second-order valence-electron chi connectivity index (χ2n) is 9.20. The number of carbonyl (C=O) groups excluding carboxylic acids is 3. The summed E-state index contributed by atoms with van der Waals surface area (Å²) >= 11 is 4.68. The van der Waals surface area contributed by atoms with Crippen molar-refractivity contribution >= 4 is 68.8 Å². The number of benzene rings is 4. The number of carbonyl (C=O) groups is 4. The Morgan fingerprint density at radius 2 is 1.53 bits per heavy atom. The molecule has 0 aliphatic carbocycles. The molecule has 3 amide bonds. The van der Waals surface area contributed by atoms with Crippen LogP contribution in [-0.2, 0) is 9.59 Å². The molecule has 4 aromatic rings. The summed E-state index contributed by atoms with van der Waals surface area (Å²) in [6, 6.07) is 26.5. The quantitative estimate of drug-likeness (QED) is 0.0754. The Morgan fingerprint density at radius 3 is 2.21 bits per heavy atom. The lowest BCUT2D eigenvalue weighted by Crippen LogP contribution is -2.30. The molecule has 43 heavy (non-hydrogen) atoms. The van der Waals surface area contributed by atoms with Crippen molar-refractivity contribution in [2.24, 2.45) is 0 Å². The van der Waals surface area contributed by atoms with E-state index in [0.717, 1.165) is 9.37 Å². The van der Waals surface area contributed by atoms with Gasteiger partial charge in [0, 0.05) is 26.3 Å². The second-order valence-corrected chi connectivity index (χ2v) is 11.5. The number of carboxylic acids is 1. The number of halogens is 1. The van der Waals surface area contributed by atoms with Gasteiger partial charge in [0.15, 0.2) is 0 Å². The van der Waals surface area contributed by atoms with Crippen LogP contribution in [0.3, 0.4) is 0 Å². The van der Waals surface area contributed by atoms with E-state index >= 15 is 0 Å². The van der Waals surface area contributed by atoms with E-state index in [-0.39, 0.29) is 22.9 Å². The van der Waals surface area contributed by atoms with E-state index in [1.54, 1.807) is 67.6 Å². The Morgan fingerprint density at radius 1 is 0.837 bits per heavy atom. The Hall–Kier alpha value is -4.87. The van der Waals surface area contributed by atoms with Gasteiger partial charge < -0.3 is 26.2 Å². The summed E-state index contributed by atoms with van der Waals surface area (Å²) in [6.07, 6.45) is 1.58. The molecule has 0 aliphatic rings. The number of hydrogen-bond donors (Lipinski definition) is 5. The molecular formula is C32H26BrN3O6S. The Kier molecular flexibility index (Phi) is 10.4. The highest BCUT2D eigenvalue weighted by Crippen LogP contribution is 2.27. The van der Waals surface area contributed by atoms with E-state index in [1.807, 2.05) is 24.3 Å². The molecule has 0 saturated carbocycles. The number of nitrogens with one attached hydrogen (secondary N) is 3. The lowest BCUT2D eigenvalue weighted by atomic mass is 10.1. The summed E-state index contributed by atoms with van der Waals surface area (Å²) in [5.41, 5.74) is 1.57. The topological polar surface area (TPSA) is 145 Å². The van der Waals surface area contributed by atoms with Gasteiger partial charge in [-0.1, -0.05) is 46.3 Å². The van der Waals surface area contributed by atoms with Gasteiger partial charge >= 0.3 is 5.97 Å². The Labute approximate surface area is 260 Å². The van der Waals surface area contributed by atoms with Gasteiger partial charge in [-0.3, -0.25) is 14.4 Å². The molecule has 5 N–H and O–H groups in total. The van der Waals surface area contributed by atoms with Crippen molar-refractivity contribution in [3.8, 4) is 5.75 Å². The van der Waals surface area contributed by atoms with Crippen LogP contribution >= 0.6 is 27.7 Å². The summed E-state index contributed by atoms with van der Waals surface area (Å²) in [6.45, 7) is 1.70. The minimum Gasteiger partial charge on any atom is -0.507 e. The maximum absolute atomic E-state index is 13.3. The summed E-state index contributed by atoms with van der Waals surface area (Å²) in [7, 11) is 0. The third kappa shape index (κ3) is 8.81. The molecule has 1 unspecified atom stereocenters. The molecule has 1 atom stereocenters. The first-order chi connectivity index (χ1) is 20.6. The van der Waals surface area contributed by atoms with Crippen molar-refractivity contribution in [3.05, 3.63) is 124 Å². The van der Waals surface area contributed by atoms with Gasteiger partial charge in [-0.05, 0) is 85.3 Å². The molecule has 0 heterocycles. The predicted octanol–water partition coefficient (Wildman–Crippen LogP) is 6.38. The van der Waals surface area contributed by atoms with Gasteiger partial charge in [0.2, 0.25) is 5.91 Å². The van der Waals surface area contributed by atoms with E-state index in [4.69, 9.17) is 0 Å². The lowest BCUT2D eigenvalue weighted by Gasteiger charge is -2.14. The van der Waals surface area contributed by atoms with Crippen LogP contribution in [0.15, 0.2) is 112 Å². The first kappa shape index (κ1) is 31.1. The molecule has 0 spiro atoms. The zero-order valence-electron chi connectivity index (χ0n) is 22.7. The fourth-order valence-electron chi connectivity index (χ4n) is 3.81. The van der Waals surface area contributed by atoms with Crippen LogP contribution in [-0.4, -0.2) is 39.2 Å². The molecule has 0 fully saturated rings. The smallest absolute Gasteiger partial charge is 0.339 e. The number of hydrogen-bond acceptors (Lipinski definition) is 6. The van der Waals surface area contributed by atoms with Crippen molar-refractivity contribution in [2.75, 3.05) is 10.6 Å². The van der Waals surface area contributed by atoms with Crippen LogP contribution in [0.1, 0.15) is 33.2 Å². The number of anilines is 2. The third-order valence-corrected chi connectivity index (χ3v) is 7.58. The van der Waals surface area contributed by atoms with Crippen LogP contribution in [0.2, 0.25) is 0 Å². The fourth-order valence-corrected chi connectivity index (χ4v) is 5.09. The third-order valence-electron chi connectivity index (χ3n) is 5.98. The van der Waals surface area contributed by atoms with Crippen LogP contribution in [0.5, 0.6) is 5.75 Å². The molecule has 11 heteroatoms. The highest BCUT2D eigenvalue weighted by atomic mass is 79.9. The summed E-state index contributed by atoms with van der Waals surface area (Å²) in [4.78, 5) is 50.8. The molecule has 0 aliphatic heterocycles. The molecule has 4 rings (SSSR count). The Balaban J connectivity index is 1.42. The largest absolute Gasteiger partial charge is 0.507 e. The van der Waals surface area contributed by atoms with E-state index in [9.17, 15) is 29.4 Å². The highest BCUT2D eigenvalue weighted by Gasteiger charge is 2.18. The molecule has 9 nitrogen and oxygen atoms in total. The first-order valence-corrected chi connectivity index (χ1v) is 14.5. The predicted molar refractivity (Wildman–Crippen MR) is 170 cm³/mol. The van der Waals surface area contributed by atoms with Crippen molar-refractivity contribution in [1.29, 1.82) is 0 Å². The monoisotopic (exact) mass is 659 g/mol. The van der Waals surface area contributed by atoms with Crippen LogP contribution in [0.4, 0.5) is 11.4 Å². The number of thioether (sulfide) groups is 1. The van der Waals surface area contributed by atoms with Gasteiger partial charge in [-0.25, -0.2) is 4.79 Å². The maximum Gasteiger partial charge on any atom is 0.339 e. The van der Waals surface area contributed by atoms with E-state index in [1.165, 1.54) is 30.0 Å². The van der Waals surface area contributed by atoms with Gasteiger partial charge in [0.25, 0.3) is 11.8 Å². The fraction of sp³-hybridized carbons (Fsp3) is 0.0625. The SMILES string of the molecule is CC(Sc1ccc(NC(=O)/C(=C/c2cccc(Br)c2)NC(=O)c2ccccc2)cc1)C(=O)Nc1ccc(O)c(C(=O)O)c1. The number of aromatic hydroxyl groups is 1. The van der Waals surface area contributed by atoms with Gasteiger partial charge in [-0.2, -0.15) is 0 Å². The molecule has 218 valence electrons. The maximum atomic E-state index is 13.3. The molecule has 0 saturated heterocycles. The number of rotatable bonds is 10. The van der Waals surface area contributed by atoms with Crippen molar-refractivity contribution < 1.29 is 29.4 Å². The zero-order valence-corrected chi connectivity index (χ0v) is 25.1. The minimum atomic E-state index is -1.31. The zero-order chi connectivity index (χ0) is 30.9. The average molecular weight is 661 g/mol. The number of carboxylic acid groups (broad SMARTS) is 1. The van der Waals surface area contributed by atoms with Crippen LogP contribution in [0, 0.1) is 0 Å². The molecular weight excluding hydrogens is 634 g/mol. The highest BCUT2D eigenvalue weighted by molar-refractivity contribution is 9.10. The molecule has 0 radical (unpaired) electrons. The summed E-state index contributed by atoms with van der Waals surface area (Å²) in [5.74, 6) is -3.01. The van der Waals surface area contributed by atoms with Gasteiger partial charge in [0.1, 0.15) is 17.0 Å². The van der Waals surface area contributed by atoms with Crippen molar-refractivity contribution in [2.45, 2.75) is 17.1 Å². The van der Waals surface area contributed by atoms with Gasteiger partial charge in [0.05, 0.1) is 5.25 Å². The number of phenols is 1. The van der Waals surface area contributed by atoms with Crippen LogP contribution < -0.4 is 16.0 Å². The average Bonchev–Trinajstić information content (AvgIpc) is 2.99. The first-order valence-electron chi connectivity index (χ1n) is 12.9. The molecule has 0 aromatic heterocycles. The summed E-state index contributed by atoms with van der Waals surface area (Å²) < 4.78 is 0.819. The minimum absolute atomic E-state index is 0.0518. The molecule has 0 bridgehead atoms. The standard InChI is InChI=1S/C32H26BrN3O6S/c1-19(29(38)35-24-12-15-28(37)26(18-24)32(41)42)43-25-13-10-23(11-14-25)34-31(40)27(17-20-6-5-9-22(33)16-20)36-30(39)21-7-3-2-4-8-21/h2-19,37H,1H3,(H,34,40)(H,35,38)(H,36,39)(H,41,42)/b27-17-. The van der Waals surface area contributed by atoms with E-state index in [2.05, 4.69) is 31.9 Å². The van der Waals surface area contributed by atoms with E-state index < -0.39 is 28.8 Å². The lowest BCUT2D eigenvalue weighted by molar-refractivity contribution is -0.115. The van der Waals surface area contributed by atoms with Crippen LogP contribution in [0.25, 0.3) is 6.08 Å². The Bertz CT molecular complexity index is 1690. The van der Waals surface area contributed by atoms with Gasteiger partial charge in [-0.15, -0.1) is 11.8 Å². The molecule has 4 aromatic carbocycles. The second kappa shape index (κ2) is 14.3.